The van der Waals surface area contributed by atoms with E-state index < -0.39 is 10.1 Å². The second-order valence-corrected chi connectivity index (χ2v) is 5.98. The van der Waals surface area contributed by atoms with E-state index in [0.29, 0.717) is 24.8 Å². The van der Waals surface area contributed by atoms with Crippen LogP contribution < -0.4 is 5.32 Å². The molecule has 1 aromatic rings. The van der Waals surface area contributed by atoms with E-state index in [1.54, 1.807) is 12.1 Å². The van der Waals surface area contributed by atoms with Gasteiger partial charge in [0.2, 0.25) is 5.91 Å². The zero-order valence-electron chi connectivity index (χ0n) is 10.0. The molecule has 1 aliphatic rings. The van der Waals surface area contributed by atoms with Gasteiger partial charge >= 0.3 is 0 Å². The SMILES string of the molecule is Cc1ccc(S(=O)(=O)O)c(C[C@@H]2CCC(=O)N2)c1. The van der Waals surface area contributed by atoms with E-state index in [1.807, 2.05) is 6.92 Å². The summed E-state index contributed by atoms with van der Waals surface area (Å²) >= 11 is 0. The molecule has 2 N–H and O–H groups in total. The summed E-state index contributed by atoms with van der Waals surface area (Å²) in [5.74, 6) is -0.0129. The van der Waals surface area contributed by atoms with Gasteiger partial charge in [-0.1, -0.05) is 17.7 Å². The topological polar surface area (TPSA) is 83.5 Å². The largest absolute Gasteiger partial charge is 0.353 e. The summed E-state index contributed by atoms with van der Waals surface area (Å²) < 4.78 is 31.7. The normalized spacial score (nSPS) is 19.9. The van der Waals surface area contributed by atoms with Gasteiger partial charge < -0.3 is 5.32 Å². The van der Waals surface area contributed by atoms with Gasteiger partial charge in [0.05, 0.1) is 4.90 Å². The lowest BCUT2D eigenvalue weighted by Gasteiger charge is -2.13. The highest BCUT2D eigenvalue weighted by molar-refractivity contribution is 7.85. The molecule has 2 rings (SSSR count). The van der Waals surface area contributed by atoms with Crippen LogP contribution >= 0.6 is 0 Å². The molecule has 0 bridgehead atoms. The first-order valence-corrected chi connectivity index (χ1v) is 7.16. The molecule has 1 saturated heterocycles. The van der Waals surface area contributed by atoms with Gasteiger partial charge in [-0.25, -0.2) is 0 Å². The van der Waals surface area contributed by atoms with Crippen molar-refractivity contribution in [1.82, 2.24) is 5.32 Å². The maximum Gasteiger partial charge on any atom is 0.294 e. The van der Waals surface area contributed by atoms with Crippen LogP contribution in [0.4, 0.5) is 0 Å². The fourth-order valence-electron chi connectivity index (χ4n) is 2.22. The molecule has 0 unspecified atom stereocenters. The third-order valence-electron chi connectivity index (χ3n) is 3.05. The van der Waals surface area contributed by atoms with E-state index in [-0.39, 0.29) is 16.8 Å². The minimum Gasteiger partial charge on any atom is -0.353 e. The lowest BCUT2D eigenvalue weighted by atomic mass is 10.0. The highest BCUT2D eigenvalue weighted by atomic mass is 32.2. The Labute approximate surface area is 106 Å². The van der Waals surface area contributed by atoms with Crippen molar-refractivity contribution in [2.24, 2.45) is 0 Å². The summed E-state index contributed by atoms with van der Waals surface area (Å²) in [6, 6.07) is 4.71. The summed E-state index contributed by atoms with van der Waals surface area (Å²) in [5, 5.41) is 2.79. The summed E-state index contributed by atoms with van der Waals surface area (Å²) in [6.45, 7) is 1.85. The molecule has 1 aromatic carbocycles. The Bertz CT molecular complexity index is 580. The maximum atomic E-state index is 11.3. The zero-order valence-corrected chi connectivity index (χ0v) is 10.8. The number of aryl methyl sites for hydroxylation is 1. The first kappa shape index (κ1) is 13.0. The minimum atomic E-state index is -4.22. The second kappa shape index (κ2) is 4.70. The maximum absolute atomic E-state index is 11.3. The van der Waals surface area contributed by atoms with E-state index in [1.165, 1.54) is 6.07 Å². The molecule has 0 aromatic heterocycles. The third-order valence-corrected chi connectivity index (χ3v) is 4.00. The Morgan fingerprint density at radius 1 is 1.44 bits per heavy atom. The number of hydrogen-bond acceptors (Lipinski definition) is 3. The molecule has 1 aliphatic heterocycles. The molecular weight excluding hydrogens is 254 g/mol. The summed E-state index contributed by atoms with van der Waals surface area (Å²) in [6.07, 6.45) is 1.58. The van der Waals surface area contributed by atoms with Crippen molar-refractivity contribution in [3.05, 3.63) is 29.3 Å². The van der Waals surface area contributed by atoms with Gasteiger partial charge in [0.15, 0.2) is 0 Å². The van der Waals surface area contributed by atoms with E-state index in [9.17, 15) is 17.8 Å². The predicted molar refractivity (Wildman–Crippen MR) is 65.9 cm³/mol. The number of rotatable bonds is 3. The summed E-state index contributed by atoms with van der Waals surface area (Å²) in [7, 11) is -4.22. The van der Waals surface area contributed by atoms with Gasteiger partial charge in [-0.3, -0.25) is 9.35 Å². The molecule has 1 amide bonds. The quantitative estimate of drug-likeness (QED) is 0.804. The Morgan fingerprint density at radius 2 is 2.17 bits per heavy atom. The molecule has 0 aliphatic carbocycles. The van der Waals surface area contributed by atoms with Crippen molar-refractivity contribution in [1.29, 1.82) is 0 Å². The van der Waals surface area contributed by atoms with Crippen LogP contribution in [0.2, 0.25) is 0 Å². The average molecular weight is 269 g/mol. The Hall–Kier alpha value is -1.40. The molecule has 0 spiro atoms. The van der Waals surface area contributed by atoms with Gasteiger partial charge in [-0.05, 0) is 31.4 Å². The predicted octanol–water partition coefficient (Wildman–Crippen LogP) is 1.06. The van der Waals surface area contributed by atoms with Gasteiger partial charge in [0.1, 0.15) is 0 Å². The van der Waals surface area contributed by atoms with E-state index in [0.717, 1.165) is 5.56 Å². The van der Waals surface area contributed by atoms with Crippen molar-refractivity contribution in [2.75, 3.05) is 0 Å². The van der Waals surface area contributed by atoms with Crippen LogP contribution in [0.15, 0.2) is 23.1 Å². The van der Waals surface area contributed by atoms with Gasteiger partial charge in [-0.15, -0.1) is 0 Å². The number of nitrogens with one attached hydrogen (secondary N) is 1. The summed E-state index contributed by atoms with van der Waals surface area (Å²) in [5.41, 5.74) is 1.46. The van der Waals surface area contributed by atoms with Crippen molar-refractivity contribution >= 4 is 16.0 Å². The van der Waals surface area contributed by atoms with Crippen molar-refractivity contribution in [3.8, 4) is 0 Å². The second-order valence-electron chi connectivity index (χ2n) is 4.59. The smallest absolute Gasteiger partial charge is 0.294 e. The molecule has 1 fully saturated rings. The number of benzene rings is 1. The average Bonchev–Trinajstić information content (AvgIpc) is 2.62. The number of carbonyl (C=O) groups excluding carboxylic acids is 1. The molecule has 5 nitrogen and oxygen atoms in total. The van der Waals surface area contributed by atoms with Crippen molar-refractivity contribution < 1.29 is 17.8 Å². The zero-order chi connectivity index (χ0) is 13.3. The lowest BCUT2D eigenvalue weighted by Crippen LogP contribution is -2.27. The van der Waals surface area contributed by atoms with Gasteiger partial charge in [0.25, 0.3) is 10.1 Å². The summed E-state index contributed by atoms with van der Waals surface area (Å²) in [4.78, 5) is 11.0. The molecule has 18 heavy (non-hydrogen) atoms. The molecule has 0 radical (unpaired) electrons. The Morgan fingerprint density at radius 3 is 2.72 bits per heavy atom. The highest BCUT2D eigenvalue weighted by Gasteiger charge is 2.24. The molecule has 98 valence electrons. The van der Waals surface area contributed by atoms with E-state index in [4.69, 9.17) is 0 Å². The minimum absolute atomic E-state index is 0.0129. The molecule has 6 heteroatoms. The fourth-order valence-corrected chi connectivity index (χ4v) is 2.93. The molecule has 1 heterocycles. The van der Waals surface area contributed by atoms with E-state index in [2.05, 4.69) is 5.32 Å². The third kappa shape index (κ3) is 2.88. The molecule has 0 saturated carbocycles. The van der Waals surface area contributed by atoms with Crippen LogP contribution in [0.25, 0.3) is 0 Å². The van der Waals surface area contributed by atoms with Gasteiger partial charge in [0, 0.05) is 12.5 Å². The van der Waals surface area contributed by atoms with Crippen molar-refractivity contribution in [3.63, 3.8) is 0 Å². The van der Waals surface area contributed by atoms with Crippen LogP contribution in [0.3, 0.4) is 0 Å². The van der Waals surface area contributed by atoms with Crippen LogP contribution in [0, 0.1) is 6.92 Å². The molecular formula is C12H15NO4S. The standard InChI is InChI=1S/C12H15NO4S/c1-8-2-4-11(18(15,16)17)9(6-8)7-10-3-5-12(14)13-10/h2,4,6,10H,3,5,7H2,1H3,(H,13,14)(H,15,16,17)/t10-/m0/s1. The highest BCUT2D eigenvalue weighted by Crippen LogP contribution is 2.21. The van der Waals surface area contributed by atoms with Gasteiger partial charge in [-0.2, -0.15) is 8.42 Å². The number of carbonyl (C=O) groups is 1. The van der Waals surface area contributed by atoms with Crippen LogP contribution in [0.1, 0.15) is 24.0 Å². The Balaban J connectivity index is 2.31. The first-order chi connectivity index (χ1) is 8.36. The van der Waals surface area contributed by atoms with Crippen LogP contribution in [0.5, 0.6) is 0 Å². The molecule has 1 atom stereocenters. The number of amides is 1. The van der Waals surface area contributed by atoms with Crippen molar-refractivity contribution in [2.45, 2.75) is 37.1 Å². The fraction of sp³-hybridized carbons (Fsp3) is 0.417. The number of hydrogen-bond donors (Lipinski definition) is 2. The Kier molecular flexibility index (Phi) is 3.41. The monoisotopic (exact) mass is 269 g/mol. The lowest BCUT2D eigenvalue weighted by molar-refractivity contribution is -0.119. The first-order valence-electron chi connectivity index (χ1n) is 5.72. The van der Waals surface area contributed by atoms with Crippen LogP contribution in [-0.2, 0) is 21.3 Å². The van der Waals surface area contributed by atoms with Crippen LogP contribution in [-0.4, -0.2) is 24.9 Å². The van der Waals surface area contributed by atoms with E-state index >= 15 is 0 Å².